The molecule has 24 heavy (non-hydrogen) atoms. The van der Waals surface area contributed by atoms with Crippen molar-refractivity contribution in [1.82, 2.24) is 29.7 Å². The van der Waals surface area contributed by atoms with Crippen LogP contribution in [-0.4, -0.2) is 43.9 Å². The molecule has 1 atom stereocenters. The topological polar surface area (TPSA) is 75.9 Å². The third kappa shape index (κ3) is 2.91. The van der Waals surface area contributed by atoms with Crippen molar-refractivity contribution < 1.29 is 4.79 Å². The molecule has 1 amide bonds. The van der Waals surface area contributed by atoms with Crippen LogP contribution in [-0.2, 0) is 19.1 Å². The zero-order valence-electron chi connectivity index (χ0n) is 14.7. The van der Waals surface area contributed by atoms with E-state index in [2.05, 4.69) is 32.1 Å². The first kappa shape index (κ1) is 16.6. The van der Waals surface area contributed by atoms with E-state index in [1.54, 1.807) is 13.1 Å². The van der Waals surface area contributed by atoms with Gasteiger partial charge in [-0.15, -0.1) is 0 Å². The lowest BCUT2D eigenvalue weighted by Crippen LogP contribution is -2.40. The van der Waals surface area contributed by atoms with E-state index in [1.807, 2.05) is 30.9 Å². The minimum Gasteiger partial charge on any atom is -0.354 e. The lowest BCUT2D eigenvalue weighted by molar-refractivity contribution is 0.0954. The Balaban J connectivity index is 1.95. The van der Waals surface area contributed by atoms with Crippen LogP contribution in [0, 0.1) is 6.92 Å². The summed E-state index contributed by atoms with van der Waals surface area (Å²) in [6.45, 7) is 5.77. The summed E-state index contributed by atoms with van der Waals surface area (Å²) in [6.07, 6.45) is 5.81. The van der Waals surface area contributed by atoms with E-state index in [9.17, 15) is 4.79 Å². The van der Waals surface area contributed by atoms with Gasteiger partial charge in [0.1, 0.15) is 17.3 Å². The van der Waals surface area contributed by atoms with Crippen LogP contribution in [0.15, 0.2) is 18.5 Å². The first-order valence-corrected chi connectivity index (χ1v) is 8.23. The van der Waals surface area contributed by atoms with Gasteiger partial charge in [-0.3, -0.25) is 9.69 Å². The number of carbonyl (C=O) groups excluding carboxylic acids is 1. The Kier molecular flexibility index (Phi) is 4.36. The highest BCUT2D eigenvalue weighted by Crippen LogP contribution is 2.37. The highest BCUT2D eigenvalue weighted by Gasteiger charge is 2.41. The Morgan fingerprint density at radius 2 is 2.21 bits per heavy atom. The van der Waals surface area contributed by atoms with Crippen LogP contribution in [0.25, 0.3) is 0 Å². The van der Waals surface area contributed by atoms with Gasteiger partial charge in [0.05, 0.1) is 12.1 Å². The number of hydrogen-bond acceptors (Lipinski definition) is 5. The molecule has 128 valence electrons. The molecule has 2 aromatic heterocycles. The van der Waals surface area contributed by atoms with Crippen LogP contribution in [0.5, 0.6) is 0 Å². The molecule has 0 bridgehead atoms. The Bertz CT molecular complexity index is 755. The van der Waals surface area contributed by atoms with Crippen molar-refractivity contribution in [2.75, 3.05) is 13.6 Å². The van der Waals surface area contributed by atoms with Crippen LogP contribution in [0.1, 0.15) is 47.6 Å². The predicted molar refractivity (Wildman–Crippen MR) is 90.4 cm³/mol. The number of nitrogens with one attached hydrogen (secondary N) is 1. The number of aromatic nitrogens is 4. The average molecular weight is 328 g/mol. The third-order valence-corrected chi connectivity index (χ3v) is 4.84. The molecule has 0 aliphatic carbocycles. The van der Waals surface area contributed by atoms with Crippen molar-refractivity contribution >= 4 is 5.91 Å². The van der Waals surface area contributed by atoms with Crippen LogP contribution in [0.2, 0.25) is 0 Å². The van der Waals surface area contributed by atoms with Gasteiger partial charge in [-0.2, -0.15) is 0 Å². The second-order valence-corrected chi connectivity index (χ2v) is 6.55. The Morgan fingerprint density at radius 3 is 2.88 bits per heavy atom. The van der Waals surface area contributed by atoms with E-state index in [4.69, 9.17) is 0 Å². The van der Waals surface area contributed by atoms with Gasteiger partial charge in [0.15, 0.2) is 0 Å². The quantitative estimate of drug-likeness (QED) is 0.918. The maximum absolute atomic E-state index is 12.0. The number of rotatable bonds is 4. The summed E-state index contributed by atoms with van der Waals surface area (Å²) in [6, 6.07) is 1.73. The molecule has 0 saturated carbocycles. The zero-order chi connectivity index (χ0) is 17.3. The number of imidazole rings is 1. The lowest BCUT2D eigenvalue weighted by atomic mass is 9.97. The lowest BCUT2D eigenvalue weighted by Gasteiger charge is -2.33. The van der Waals surface area contributed by atoms with E-state index >= 15 is 0 Å². The largest absolute Gasteiger partial charge is 0.354 e. The van der Waals surface area contributed by atoms with Crippen molar-refractivity contribution in [2.24, 2.45) is 7.05 Å². The summed E-state index contributed by atoms with van der Waals surface area (Å²) in [4.78, 5) is 28.0. The van der Waals surface area contributed by atoms with Crippen molar-refractivity contribution in [3.8, 4) is 0 Å². The Morgan fingerprint density at radius 1 is 1.42 bits per heavy atom. The third-order valence-electron chi connectivity index (χ3n) is 4.84. The molecule has 0 spiro atoms. The van der Waals surface area contributed by atoms with Gasteiger partial charge >= 0.3 is 0 Å². The van der Waals surface area contributed by atoms with Crippen molar-refractivity contribution in [2.45, 2.75) is 38.8 Å². The number of nitrogens with zero attached hydrogens (tertiary/aromatic N) is 5. The molecule has 1 aliphatic heterocycles. The van der Waals surface area contributed by atoms with Gasteiger partial charge in [0.25, 0.3) is 5.91 Å². The van der Waals surface area contributed by atoms with Crippen molar-refractivity contribution in [1.29, 1.82) is 0 Å². The second-order valence-electron chi connectivity index (χ2n) is 6.55. The molecule has 1 N–H and O–H groups in total. The van der Waals surface area contributed by atoms with Crippen LogP contribution < -0.4 is 5.32 Å². The molecule has 1 saturated heterocycles. The number of hydrogen-bond donors (Lipinski definition) is 1. The molecule has 0 aromatic carbocycles. The number of carbonyl (C=O) groups is 1. The van der Waals surface area contributed by atoms with Gasteiger partial charge in [0.2, 0.25) is 0 Å². The molecular weight excluding hydrogens is 304 g/mol. The van der Waals surface area contributed by atoms with E-state index in [-0.39, 0.29) is 11.4 Å². The summed E-state index contributed by atoms with van der Waals surface area (Å²) < 4.78 is 2.03. The SMILES string of the molecule is CNC(=O)c1cc(C)nc([C@]2(C)CCCN2Cc2nccn2C)n1. The number of likely N-dealkylation sites (tertiary alicyclic amines) is 1. The molecule has 3 heterocycles. The summed E-state index contributed by atoms with van der Waals surface area (Å²) in [5, 5.41) is 2.64. The maximum atomic E-state index is 12.0. The number of aryl methyl sites for hydroxylation is 2. The summed E-state index contributed by atoms with van der Waals surface area (Å²) in [5.74, 6) is 1.55. The second kappa shape index (κ2) is 6.32. The van der Waals surface area contributed by atoms with E-state index < -0.39 is 0 Å². The van der Waals surface area contributed by atoms with Crippen LogP contribution in [0.4, 0.5) is 0 Å². The summed E-state index contributed by atoms with van der Waals surface area (Å²) >= 11 is 0. The fourth-order valence-electron chi connectivity index (χ4n) is 3.30. The first-order chi connectivity index (χ1) is 11.4. The Hall–Kier alpha value is -2.28. The fraction of sp³-hybridized carbons (Fsp3) is 0.529. The smallest absolute Gasteiger partial charge is 0.269 e. The monoisotopic (exact) mass is 328 g/mol. The minimum absolute atomic E-state index is 0.181. The van der Waals surface area contributed by atoms with Gasteiger partial charge in [-0.1, -0.05) is 0 Å². The summed E-state index contributed by atoms with van der Waals surface area (Å²) in [5.41, 5.74) is 0.939. The highest BCUT2D eigenvalue weighted by atomic mass is 16.1. The minimum atomic E-state index is -0.291. The normalized spacial score (nSPS) is 21.2. The average Bonchev–Trinajstić information content (AvgIpc) is 3.14. The molecule has 1 aliphatic rings. The van der Waals surface area contributed by atoms with Crippen LogP contribution in [0.3, 0.4) is 0 Å². The molecule has 0 radical (unpaired) electrons. The van der Waals surface area contributed by atoms with Crippen LogP contribution >= 0.6 is 0 Å². The van der Waals surface area contributed by atoms with Gasteiger partial charge in [-0.05, 0) is 39.3 Å². The van der Waals surface area contributed by atoms with Gasteiger partial charge in [0, 0.05) is 32.2 Å². The van der Waals surface area contributed by atoms with E-state index in [0.29, 0.717) is 11.5 Å². The van der Waals surface area contributed by atoms with E-state index in [0.717, 1.165) is 37.4 Å². The van der Waals surface area contributed by atoms with E-state index in [1.165, 1.54) is 0 Å². The maximum Gasteiger partial charge on any atom is 0.269 e. The predicted octanol–water partition coefficient (Wildman–Crippen LogP) is 1.39. The molecule has 0 unspecified atom stereocenters. The molecular formula is C17H24N6O. The fourth-order valence-corrected chi connectivity index (χ4v) is 3.30. The Labute approximate surface area is 142 Å². The van der Waals surface area contributed by atoms with Gasteiger partial charge in [-0.25, -0.2) is 15.0 Å². The first-order valence-electron chi connectivity index (χ1n) is 8.23. The van der Waals surface area contributed by atoms with Gasteiger partial charge < -0.3 is 9.88 Å². The highest BCUT2D eigenvalue weighted by molar-refractivity contribution is 5.92. The standard InChI is InChI=1S/C17H24N6O/c1-12-10-13(15(24)18-3)21-16(20-12)17(2)6-5-8-23(17)11-14-19-7-9-22(14)4/h7,9-10H,5-6,8,11H2,1-4H3,(H,18,24)/t17-/m0/s1. The van der Waals surface area contributed by atoms with Crippen molar-refractivity contribution in [3.63, 3.8) is 0 Å². The molecule has 3 rings (SSSR count). The zero-order valence-corrected chi connectivity index (χ0v) is 14.7. The molecule has 1 fully saturated rings. The number of amides is 1. The molecule has 7 nitrogen and oxygen atoms in total. The summed E-state index contributed by atoms with van der Waals surface area (Å²) in [7, 11) is 3.62. The van der Waals surface area contributed by atoms with Crippen molar-refractivity contribution in [3.05, 3.63) is 41.5 Å². The molecule has 2 aromatic rings. The molecule has 7 heteroatoms.